The van der Waals surface area contributed by atoms with Gasteiger partial charge in [0.15, 0.2) is 0 Å². The molecule has 0 saturated carbocycles. The molecule has 3 aliphatic carbocycles. The smallest absolute Gasteiger partial charge is 0.271 e. The lowest BCUT2D eigenvalue weighted by atomic mass is 9.54. The Kier molecular flexibility index (Phi) is 3.94. The third-order valence-electron chi connectivity index (χ3n) is 6.88. The first kappa shape index (κ1) is 19.8. The summed E-state index contributed by atoms with van der Waals surface area (Å²) in [5.74, 6) is -2.16. The molecule has 32 heavy (non-hydrogen) atoms. The van der Waals surface area contributed by atoms with Crippen molar-refractivity contribution in [1.29, 1.82) is 0 Å². The Hall–Kier alpha value is -2.84. The predicted molar refractivity (Wildman–Crippen MR) is 125 cm³/mol. The number of anilines is 1. The maximum absolute atomic E-state index is 13.9. The Balaban J connectivity index is 1.63. The van der Waals surface area contributed by atoms with Crippen LogP contribution in [0.2, 0.25) is 0 Å². The zero-order valence-electron chi connectivity index (χ0n) is 16.4. The number of halogens is 2. The van der Waals surface area contributed by atoms with Crippen LogP contribution in [0.4, 0.5) is 11.4 Å². The van der Waals surface area contributed by atoms with Gasteiger partial charge in [0, 0.05) is 12.1 Å². The maximum Gasteiger partial charge on any atom is 0.271 e. The first-order chi connectivity index (χ1) is 15.3. The Morgan fingerprint density at radius 2 is 1.19 bits per heavy atom. The summed E-state index contributed by atoms with van der Waals surface area (Å²) in [4.78, 5) is 39.6. The van der Waals surface area contributed by atoms with Crippen LogP contribution in [0, 0.1) is 22.0 Å². The van der Waals surface area contributed by atoms with Crippen molar-refractivity contribution in [3.63, 3.8) is 0 Å². The number of nitro groups is 1. The van der Waals surface area contributed by atoms with Gasteiger partial charge in [-0.15, -0.1) is 0 Å². The molecule has 0 aromatic heterocycles. The molecule has 0 spiro atoms. The molecule has 0 radical (unpaired) electrons. The van der Waals surface area contributed by atoms with Crippen LogP contribution in [0.3, 0.4) is 0 Å². The summed E-state index contributed by atoms with van der Waals surface area (Å²) in [5.41, 5.74) is 3.81. The number of carbonyl (C=O) groups excluding carboxylic acids is 2. The minimum Gasteiger partial charge on any atom is -0.274 e. The second-order valence-corrected chi connectivity index (χ2v) is 10.8. The molecule has 0 unspecified atom stereocenters. The number of hydrogen-bond donors (Lipinski definition) is 0. The second-order valence-electron chi connectivity index (χ2n) is 8.26. The fourth-order valence-electron chi connectivity index (χ4n) is 5.67. The van der Waals surface area contributed by atoms with Crippen molar-refractivity contribution in [2.75, 3.05) is 4.90 Å². The molecule has 1 saturated heterocycles. The van der Waals surface area contributed by atoms with Crippen molar-refractivity contribution in [3.05, 3.63) is 105 Å². The Morgan fingerprint density at radius 1 is 0.750 bits per heavy atom. The average molecular weight is 554 g/mol. The van der Waals surface area contributed by atoms with Gasteiger partial charge in [-0.05, 0) is 28.3 Å². The van der Waals surface area contributed by atoms with Crippen LogP contribution in [0.1, 0.15) is 22.3 Å². The lowest BCUT2D eigenvalue weighted by molar-refractivity contribution is -0.384. The molecule has 1 heterocycles. The normalized spacial score (nSPS) is 29.5. The molecule has 2 atom stereocenters. The number of hydrogen-bond acceptors (Lipinski definition) is 4. The average Bonchev–Trinajstić information content (AvgIpc) is 3.08. The van der Waals surface area contributed by atoms with Gasteiger partial charge in [0.05, 0.1) is 31.1 Å². The standard InChI is InChI=1S/C24H14Br2N2O4/c25-23-15-8-1-2-9-16(15)24(26,18-11-4-3-10-17(18)23)20-19(23)21(29)27(22(20)30)13-6-5-7-14(12-13)28(31)32/h1-12,19-20H/t19-,20-,23?,24?/m0/s1. The first-order valence-corrected chi connectivity index (χ1v) is 11.6. The van der Waals surface area contributed by atoms with Crippen LogP contribution >= 0.6 is 31.9 Å². The third-order valence-corrected chi connectivity index (χ3v) is 9.58. The summed E-state index contributed by atoms with van der Waals surface area (Å²) in [6.45, 7) is 0. The largest absolute Gasteiger partial charge is 0.274 e. The molecule has 2 bridgehead atoms. The molecule has 1 fully saturated rings. The van der Waals surface area contributed by atoms with Crippen molar-refractivity contribution in [3.8, 4) is 0 Å². The van der Waals surface area contributed by atoms with Crippen molar-refractivity contribution in [2.45, 2.75) is 8.65 Å². The van der Waals surface area contributed by atoms with Gasteiger partial charge in [-0.3, -0.25) is 19.7 Å². The number of carbonyl (C=O) groups is 2. The lowest BCUT2D eigenvalue weighted by Gasteiger charge is -2.55. The van der Waals surface area contributed by atoms with Gasteiger partial charge in [0.25, 0.3) is 5.69 Å². The molecule has 158 valence electrons. The van der Waals surface area contributed by atoms with Crippen LogP contribution in [0.25, 0.3) is 0 Å². The Bertz CT molecular complexity index is 1250. The van der Waals surface area contributed by atoms with E-state index in [2.05, 4.69) is 31.9 Å². The number of benzene rings is 3. The number of alkyl halides is 2. The van der Waals surface area contributed by atoms with E-state index in [4.69, 9.17) is 0 Å². The summed E-state index contributed by atoms with van der Waals surface area (Å²) >= 11 is 7.88. The summed E-state index contributed by atoms with van der Waals surface area (Å²) in [6.07, 6.45) is 0. The number of amides is 2. The zero-order valence-corrected chi connectivity index (χ0v) is 19.5. The van der Waals surface area contributed by atoms with E-state index in [1.54, 1.807) is 6.07 Å². The number of rotatable bonds is 2. The van der Waals surface area contributed by atoms with E-state index in [-0.39, 0.29) is 23.2 Å². The van der Waals surface area contributed by atoms with Crippen molar-refractivity contribution in [2.24, 2.45) is 11.8 Å². The highest BCUT2D eigenvalue weighted by molar-refractivity contribution is 9.10. The highest BCUT2D eigenvalue weighted by Crippen LogP contribution is 2.70. The molecule has 4 aliphatic rings. The quantitative estimate of drug-likeness (QED) is 0.193. The number of imide groups is 1. The van der Waals surface area contributed by atoms with Crippen molar-refractivity contribution < 1.29 is 14.5 Å². The number of non-ortho nitro benzene ring substituents is 1. The van der Waals surface area contributed by atoms with Gasteiger partial charge in [0.2, 0.25) is 11.8 Å². The molecule has 0 N–H and O–H groups in total. The highest BCUT2D eigenvalue weighted by atomic mass is 79.9. The lowest BCUT2D eigenvalue weighted by Crippen LogP contribution is -2.56. The molecule has 6 nitrogen and oxygen atoms in total. The summed E-state index contributed by atoms with van der Waals surface area (Å²) < 4.78 is -1.77. The van der Waals surface area contributed by atoms with Crippen molar-refractivity contribution in [1.82, 2.24) is 0 Å². The van der Waals surface area contributed by atoms with Crippen molar-refractivity contribution >= 4 is 55.0 Å². The molecular weight excluding hydrogens is 540 g/mol. The summed E-state index contributed by atoms with van der Waals surface area (Å²) in [6, 6.07) is 21.3. The minimum atomic E-state index is -0.886. The third kappa shape index (κ3) is 2.14. The van der Waals surface area contributed by atoms with Gasteiger partial charge >= 0.3 is 0 Å². The summed E-state index contributed by atoms with van der Waals surface area (Å²) in [5, 5.41) is 11.3. The maximum atomic E-state index is 13.9. The van der Waals surface area contributed by atoms with E-state index in [1.165, 1.54) is 18.2 Å². The predicted octanol–water partition coefficient (Wildman–Crippen LogP) is 5.00. The molecular formula is C24H14Br2N2O4. The van der Waals surface area contributed by atoms with Gasteiger partial charge in [-0.2, -0.15) is 0 Å². The zero-order chi connectivity index (χ0) is 22.4. The Morgan fingerprint density at radius 3 is 1.59 bits per heavy atom. The minimum absolute atomic E-state index is 0.172. The molecule has 7 rings (SSSR count). The molecule has 3 aromatic rings. The number of nitrogens with zero attached hydrogens (tertiary/aromatic N) is 2. The SMILES string of the molecule is O=C1[C@@H]2[C@@H](C(=O)N1c1cccc([N+](=O)[O-])c1)C1(Br)c3ccccc3C2(Br)c2ccccc21. The molecule has 1 aliphatic heterocycles. The second kappa shape index (κ2) is 6.36. The topological polar surface area (TPSA) is 80.5 Å². The van der Waals surface area contributed by atoms with Crippen LogP contribution in [-0.2, 0) is 18.2 Å². The number of nitro benzene ring substituents is 1. The highest BCUT2D eigenvalue weighted by Gasteiger charge is 2.72. The van der Waals surface area contributed by atoms with E-state index in [0.29, 0.717) is 0 Å². The van der Waals surface area contributed by atoms with Crippen LogP contribution in [0.15, 0.2) is 72.8 Å². The van der Waals surface area contributed by atoms with E-state index >= 15 is 0 Å². The molecule has 2 amide bonds. The molecule has 8 heteroatoms. The van der Waals surface area contributed by atoms with E-state index in [0.717, 1.165) is 27.2 Å². The van der Waals surface area contributed by atoms with Crippen LogP contribution in [0.5, 0.6) is 0 Å². The fourth-order valence-corrected chi connectivity index (χ4v) is 7.97. The van der Waals surface area contributed by atoms with E-state index in [9.17, 15) is 19.7 Å². The fraction of sp³-hybridized carbons (Fsp3) is 0.167. The van der Waals surface area contributed by atoms with E-state index in [1.807, 2.05) is 48.5 Å². The van der Waals surface area contributed by atoms with Gasteiger partial charge in [0.1, 0.15) is 0 Å². The Labute approximate surface area is 199 Å². The van der Waals surface area contributed by atoms with Gasteiger partial charge < -0.3 is 0 Å². The monoisotopic (exact) mass is 552 g/mol. The molecule has 3 aromatic carbocycles. The van der Waals surface area contributed by atoms with Crippen LogP contribution < -0.4 is 4.90 Å². The van der Waals surface area contributed by atoms with Gasteiger partial charge in [-0.1, -0.05) is 86.5 Å². The van der Waals surface area contributed by atoms with Crippen LogP contribution in [-0.4, -0.2) is 16.7 Å². The van der Waals surface area contributed by atoms with Gasteiger partial charge in [-0.25, -0.2) is 4.90 Å². The first-order valence-electron chi connectivity index (χ1n) is 10.0. The summed E-state index contributed by atoms with van der Waals surface area (Å²) in [7, 11) is 0. The van der Waals surface area contributed by atoms with E-state index < -0.39 is 25.4 Å².